The van der Waals surface area contributed by atoms with Gasteiger partial charge in [0, 0.05) is 11.1 Å². The first kappa shape index (κ1) is 15.0. The number of nitrogens with zero attached hydrogens (tertiary/aromatic N) is 1. The number of nitrogens with one attached hydrogen (secondary N) is 1. The third kappa shape index (κ3) is 4.31. The number of aryl methyl sites for hydroxylation is 2. The number of halogens is 1. The van der Waals surface area contributed by atoms with E-state index in [9.17, 15) is 9.18 Å². The Morgan fingerprint density at radius 2 is 2.25 bits per heavy atom. The van der Waals surface area contributed by atoms with Crippen LogP contribution in [0, 0.1) is 19.7 Å². The van der Waals surface area contributed by atoms with Gasteiger partial charge in [0.05, 0.1) is 22.1 Å². The SMILES string of the molecule is Cc1ccc(NC(=O)CSCc2csc(C)n2)c(F)c1. The van der Waals surface area contributed by atoms with Crippen molar-refractivity contribution in [3.05, 3.63) is 45.7 Å². The van der Waals surface area contributed by atoms with Crippen LogP contribution in [-0.4, -0.2) is 16.6 Å². The number of carbonyl (C=O) groups is 1. The van der Waals surface area contributed by atoms with Gasteiger partial charge in [-0.25, -0.2) is 9.37 Å². The summed E-state index contributed by atoms with van der Waals surface area (Å²) in [6, 6.07) is 4.75. The van der Waals surface area contributed by atoms with Gasteiger partial charge in [-0.1, -0.05) is 6.07 Å². The Morgan fingerprint density at radius 1 is 1.45 bits per heavy atom. The van der Waals surface area contributed by atoms with Crippen molar-refractivity contribution in [1.82, 2.24) is 4.98 Å². The van der Waals surface area contributed by atoms with Crippen LogP contribution in [0.5, 0.6) is 0 Å². The van der Waals surface area contributed by atoms with Gasteiger partial charge < -0.3 is 5.32 Å². The molecule has 3 nitrogen and oxygen atoms in total. The van der Waals surface area contributed by atoms with E-state index in [1.807, 2.05) is 12.3 Å². The third-order valence-corrected chi connectivity index (χ3v) is 4.34. The van der Waals surface area contributed by atoms with Crippen molar-refractivity contribution in [2.75, 3.05) is 11.1 Å². The Balaban J connectivity index is 1.80. The molecule has 0 bridgehead atoms. The van der Waals surface area contributed by atoms with Gasteiger partial charge in [-0.2, -0.15) is 0 Å². The molecule has 0 radical (unpaired) electrons. The predicted molar refractivity (Wildman–Crippen MR) is 82.8 cm³/mol. The second-order valence-electron chi connectivity index (χ2n) is 4.38. The second kappa shape index (κ2) is 6.85. The molecule has 1 N–H and O–H groups in total. The van der Waals surface area contributed by atoms with E-state index >= 15 is 0 Å². The summed E-state index contributed by atoms with van der Waals surface area (Å²) in [5.74, 6) is 0.362. The summed E-state index contributed by atoms with van der Waals surface area (Å²) >= 11 is 3.06. The van der Waals surface area contributed by atoms with Crippen LogP contribution in [0.3, 0.4) is 0 Å². The smallest absolute Gasteiger partial charge is 0.234 e. The normalized spacial score (nSPS) is 10.6. The first-order valence-electron chi connectivity index (χ1n) is 6.09. The van der Waals surface area contributed by atoms with Crippen LogP contribution in [0.25, 0.3) is 0 Å². The number of thioether (sulfide) groups is 1. The molecule has 106 valence electrons. The molecule has 0 saturated heterocycles. The van der Waals surface area contributed by atoms with E-state index in [4.69, 9.17) is 0 Å². The lowest BCUT2D eigenvalue weighted by Crippen LogP contribution is -2.15. The molecule has 0 atom stereocenters. The molecule has 2 aromatic rings. The van der Waals surface area contributed by atoms with Crippen molar-refractivity contribution < 1.29 is 9.18 Å². The maximum Gasteiger partial charge on any atom is 0.234 e. The van der Waals surface area contributed by atoms with Crippen LogP contribution in [-0.2, 0) is 10.5 Å². The topological polar surface area (TPSA) is 42.0 Å². The number of hydrogen-bond acceptors (Lipinski definition) is 4. The number of benzene rings is 1. The lowest BCUT2D eigenvalue weighted by atomic mass is 10.2. The predicted octanol–water partition coefficient (Wildman–Crippen LogP) is 3.77. The molecule has 0 aliphatic heterocycles. The van der Waals surface area contributed by atoms with E-state index in [2.05, 4.69) is 10.3 Å². The quantitative estimate of drug-likeness (QED) is 0.914. The average molecular weight is 310 g/mol. The molecule has 0 aliphatic carbocycles. The molecule has 1 aromatic heterocycles. The van der Waals surface area contributed by atoms with Crippen LogP contribution in [0.4, 0.5) is 10.1 Å². The number of anilines is 1. The molecule has 6 heteroatoms. The first-order valence-corrected chi connectivity index (χ1v) is 8.13. The summed E-state index contributed by atoms with van der Waals surface area (Å²) in [4.78, 5) is 16.0. The highest BCUT2D eigenvalue weighted by Gasteiger charge is 2.08. The summed E-state index contributed by atoms with van der Waals surface area (Å²) in [5, 5.41) is 5.58. The number of amides is 1. The van der Waals surface area contributed by atoms with E-state index in [0.717, 1.165) is 16.3 Å². The third-order valence-electron chi connectivity index (χ3n) is 2.55. The van der Waals surface area contributed by atoms with E-state index in [1.54, 1.807) is 30.4 Å². The molecule has 1 aromatic carbocycles. The highest BCUT2D eigenvalue weighted by atomic mass is 32.2. The highest BCUT2D eigenvalue weighted by molar-refractivity contribution is 7.99. The summed E-state index contributed by atoms with van der Waals surface area (Å²) in [5.41, 5.74) is 2.03. The van der Waals surface area contributed by atoms with E-state index in [-0.39, 0.29) is 17.3 Å². The van der Waals surface area contributed by atoms with Gasteiger partial charge in [0.2, 0.25) is 5.91 Å². The lowest BCUT2D eigenvalue weighted by molar-refractivity contribution is -0.113. The van der Waals surface area contributed by atoms with Crippen LogP contribution >= 0.6 is 23.1 Å². The van der Waals surface area contributed by atoms with Gasteiger partial charge in [0.15, 0.2) is 0 Å². The van der Waals surface area contributed by atoms with Crippen molar-refractivity contribution in [3.63, 3.8) is 0 Å². The number of hydrogen-bond donors (Lipinski definition) is 1. The van der Waals surface area contributed by atoms with Crippen molar-refractivity contribution in [1.29, 1.82) is 0 Å². The van der Waals surface area contributed by atoms with Gasteiger partial charge in [-0.3, -0.25) is 4.79 Å². The molecule has 0 saturated carbocycles. The zero-order chi connectivity index (χ0) is 14.5. The summed E-state index contributed by atoms with van der Waals surface area (Å²) in [6.45, 7) is 3.76. The largest absolute Gasteiger partial charge is 0.323 e. The van der Waals surface area contributed by atoms with Gasteiger partial charge in [-0.05, 0) is 31.5 Å². The molecule has 0 fully saturated rings. The second-order valence-corrected chi connectivity index (χ2v) is 6.43. The standard InChI is InChI=1S/C14H15FN2OS2/c1-9-3-4-13(12(15)5-9)17-14(18)8-19-6-11-7-20-10(2)16-11/h3-5,7H,6,8H2,1-2H3,(H,17,18). The lowest BCUT2D eigenvalue weighted by Gasteiger charge is -2.06. The van der Waals surface area contributed by atoms with Crippen molar-refractivity contribution in [2.45, 2.75) is 19.6 Å². The Labute approximate surface area is 125 Å². The fourth-order valence-electron chi connectivity index (χ4n) is 1.63. The number of thiazole rings is 1. The van der Waals surface area contributed by atoms with Crippen LogP contribution in [0.1, 0.15) is 16.3 Å². The van der Waals surface area contributed by atoms with Crippen LogP contribution in [0.2, 0.25) is 0 Å². The van der Waals surface area contributed by atoms with Gasteiger partial charge in [0.25, 0.3) is 0 Å². The van der Waals surface area contributed by atoms with Crippen molar-refractivity contribution >= 4 is 34.7 Å². The minimum atomic E-state index is -0.404. The van der Waals surface area contributed by atoms with Crippen molar-refractivity contribution in [3.8, 4) is 0 Å². The van der Waals surface area contributed by atoms with Crippen LogP contribution < -0.4 is 5.32 Å². The van der Waals surface area contributed by atoms with Gasteiger partial charge in [0.1, 0.15) is 5.82 Å². The summed E-state index contributed by atoms with van der Waals surface area (Å²) in [6.07, 6.45) is 0. The molecular formula is C14H15FN2OS2. The molecule has 2 rings (SSSR count). The molecule has 1 heterocycles. The van der Waals surface area contributed by atoms with Crippen LogP contribution in [0.15, 0.2) is 23.6 Å². The number of rotatable bonds is 5. The molecule has 0 unspecified atom stereocenters. The van der Waals surface area contributed by atoms with E-state index in [0.29, 0.717) is 5.75 Å². The molecular weight excluding hydrogens is 295 g/mol. The van der Waals surface area contributed by atoms with Gasteiger partial charge in [-0.15, -0.1) is 23.1 Å². The molecule has 1 amide bonds. The first-order chi connectivity index (χ1) is 9.54. The zero-order valence-electron chi connectivity index (χ0n) is 11.3. The maximum absolute atomic E-state index is 13.6. The average Bonchev–Trinajstić information content (AvgIpc) is 2.79. The summed E-state index contributed by atoms with van der Waals surface area (Å²) in [7, 11) is 0. The number of aromatic nitrogens is 1. The van der Waals surface area contributed by atoms with Gasteiger partial charge >= 0.3 is 0 Å². The van der Waals surface area contributed by atoms with E-state index in [1.165, 1.54) is 17.8 Å². The fraction of sp³-hybridized carbons (Fsp3) is 0.286. The Morgan fingerprint density at radius 3 is 2.90 bits per heavy atom. The minimum absolute atomic E-state index is 0.204. The maximum atomic E-state index is 13.6. The Kier molecular flexibility index (Phi) is 5.14. The fourth-order valence-corrected chi connectivity index (χ4v) is 3.07. The monoisotopic (exact) mass is 310 g/mol. The molecule has 0 aliphatic rings. The number of carbonyl (C=O) groups excluding carboxylic acids is 1. The van der Waals surface area contributed by atoms with E-state index < -0.39 is 5.82 Å². The zero-order valence-corrected chi connectivity index (χ0v) is 12.9. The highest BCUT2D eigenvalue weighted by Crippen LogP contribution is 2.17. The molecule has 0 spiro atoms. The summed E-state index contributed by atoms with van der Waals surface area (Å²) < 4.78 is 13.6. The Hall–Kier alpha value is -1.40. The Bertz CT molecular complexity index is 613. The minimum Gasteiger partial charge on any atom is -0.323 e. The molecule has 20 heavy (non-hydrogen) atoms. The van der Waals surface area contributed by atoms with Crippen molar-refractivity contribution in [2.24, 2.45) is 0 Å².